The lowest BCUT2D eigenvalue weighted by Crippen LogP contribution is -2.10. The number of nitrogens with one attached hydrogen (secondary N) is 2. The van der Waals surface area contributed by atoms with Crippen molar-refractivity contribution in [2.45, 2.75) is 19.8 Å². The Bertz CT molecular complexity index is 1750. The summed E-state index contributed by atoms with van der Waals surface area (Å²) in [6.07, 6.45) is 6.88. The molecule has 1 aliphatic carbocycles. The monoisotopic (exact) mass is 505 g/mol. The molecule has 5 aromatic rings. The van der Waals surface area contributed by atoms with Crippen LogP contribution in [-0.4, -0.2) is 37.6 Å². The summed E-state index contributed by atoms with van der Waals surface area (Å²) in [6.45, 7) is 1.96. The van der Waals surface area contributed by atoms with Gasteiger partial charge in [0.25, 0.3) is 5.91 Å². The topological polar surface area (TPSA) is 116 Å². The number of carbonyl (C=O) groups is 1. The molecule has 10 nitrogen and oxygen atoms in total. The Balaban J connectivity index is 1.27. The Morgan fingerprint density at radius 2 is 1.97 bits per heavy atom. The molecular weight excluding hydrogens is 482 g/mol. The van der Waals surface area contributed by atoms with Gasteiger partial charge in [-0.15, -0.1) is 0 Å². The molecule has 2 N–H and O–H groups in total. The van der Waals surface area contributed by atoms with Gasteiger partial charge in [0.2, 0.25) is 0 Å². The number of rotatable bonds is 6. The van der Waals surface area contributed by atoms with Crippen LogP contribution in [0.3, 0.4) is 0 Å². The first-order chi connectivity index (χ1) is 18.6. The van der Waals surface area contributed by atoms with Gasteiger partial charge in [-0.3, -0.25) is 4.79 Å². The number of aryl methyl sites for hydroxylation is 1. The molecule has 1 amide bonds. The summed E-state index contributed by atoms with van der Waals surface area (Å²) >= 11 is 0. The SMILES string of the molecule is COc1c(NC(=O)C#CC2CC2)ccc2ncnc(Nc3ccc(Oc4ccn5ncnc5c4)c(C)c3)c12. The highest BCUT2D eigenvalue weighted by molar-refractivity contribution is 6.08. The van der Waals surface area contributed by atoms with Crippen LogP contribution in [0.4, 0.5) is 17.2 Å². The van der Waals surface area contributed by atoms with Crippen LogP contribution in [0.5, 0.6) is 17.2 Å². The molecule has 6 rings (SSSR count). The number of carbonyl (C=O) groups excluding carboxylic acids is 1. The molecule has 10 heteroatoms. The zero-order valence-electron chi connectivity index (χ0n) is 20.7. The van der Waals surface area contributed by atoms with E-state index >= 15 is 0 Å². The Morgan fingerprint density at radius 1 is 1.08 bits per heavy atom. The first-order valence-electron chi connectivity index (χ1n) is 12.1. The highest BCUT2D eigenvalue weighted by Crippen LogP contribution is 2.38. The van der Waals surface area contributed by atoms with Crippen molar-refractivity contribution in [1.29, 1.82) is 0 Å². The van der Waals surface area contributed by atoms with Crippen molar-refractivity contribution >= 4 is 39.6 Å². The number of benzene rings is 2. The summed E-state index contributed by atoms with van der Waals surface area (Å²) in [5, 5.41) is 10.9. The second-order valence-corrected chi connectivity index (χ2v) is 8.89. The molecule has 0 spiro atoms. The zero-order chi connectivity index (χ0) is 26.1. The molecule has 1 saturated carbocycles. The normalized spacial score (nSPS) is 12.6. The molecule has 0 atom stereocenters. The van der Waals surface area contributed by atoms with Gasteiger partial charge in [0.15, 0.2) is 11.4 Å². The first kappa shape index (κ1) is 23.2. The smallest absolute Gasteiger partial charge is 0.300 e. The van der Waals surface area contributed by atoms with Gasteiger partial charge in [-0.2, -0.15) is 5.10 Å². The van der Waals surface area contributed by atoms with E-state index in [4.69, 9.17) is 9.47 Å². The minimum atomic E-state index is -0.379. The van der Waals surface area contributed by atoms with Gasteiger partial charge in [0, 0.05) is 23.9 Å². The molecule has 0 saturated heterocycles. The number of aromatic nitrogens is 5. The van der Waals surface area contributed by atoms with Gasteiger partial charge < -0.3 is 20.1 Å². The van der Waals surface area contributed by atoms with E-state index in [2.05, 4.69) is 42.5 Å². The summed E-state index contributed by atoms with van der Waals surface area (Å²) in [4.78, 5) is 25.4. The van der Waals surface area contributed by atoms with Crippen LogP contribution < -0.4 is 20.1 Å². The maximum absolute atomic E-state index is 12.4. The van der Waals surface area contributed by atoms with E-state index in [1.54, 1.807) is 23.9 Å². The average molecular weight is 506 g/mol. The molecule has 1 fully saturated rings. The van der Waals surface area contributed by atoms with Crippen LogP contribution in [0, 0.1) is 24.7 Å². The van der Waals surface area contributed by atoms with Gasteiger partial charge in [-0.25, -0.2) is 19.5 Å². The van der Waals surface area contributed by atoms with Crippen LogP contribution in [0.1, 0.15) is 18.4 Å². The number of anilines is 3. The van der Waals surface area contributed by atoms with Crippen LogP contribution in [0.2, 0.25) is 0 Å². The van der Waals surface area contributed by atoms with E-state index < -0.39 is 0 Å². The molecule has 0 radical (unpaired) electrons. The zero-order valence-corrected chi connectivity index (χ0v) is 20.7. The van der Waals surface area contributed by atoms with Gasteiger partial charge in [-0.05, 0) is 67.6 Å². The quantitative estimate of drug-likeness (QED) is 0.314. The van der Waals surface area contributed by atoms with E-state index in [9.17, 15) is 4.79 Å². The molecule has 2 aromatic carbocycles. The number of hydrogen-bond donors (Lipinski definition) is 2. The minimum absolute atomic E-state index is 0.334. The third kappa shape index (κ3) is 4.77. The standard InChI is InChI=1S/C28H23N7O3/c1-17-13-19(6-9-23(17)38-20-11-12-35-24(14-20)30-16-32-35)33-28-26-21(29-15-31-28)7-8-22(27(26)37-2)34-25(36)10-5-18-3-4-18/h6-9,11-16,18H,3-4H2,1-2H3,(H,34,36)(H,29,31,33). The fourth-order valence-corrected chi connectivity index (χ4v) is 4.04. The van der Waals surface area contributed by atoms with E-state index in [1.165, 1.54) is 12.7 Å². The number of ether oxygens (including phenoxy) is 2. The number of hydrogen-bond acceptors (Lipinski definition) is 8. The molecule has 3 aromatic heterocycles. The van der Waals surface area contributed by atoms with Crippen molar-refractivity contribution in [2.75, 3.05) is 17.7 Å². The fraction of sp³-hybridized carbons (Fsp3) is 0.179. The predicted molar refractivity (Wildman–Crippen MR) is 143 cm³/mol. The summed E-state index contributed by atoms with van der Waals surface area (Å²) in [7, 11) is 1.55. The summed E-state index contributed by atoms with van der Waals surface area (Å²) in [5.74, 6) is 7.95. The Labute approximate surface area is 218 Å². The van der Waals surface area contributed by atoms with E-state index in [1.807, 2.05) is 43.3 Å². The third-order valence-electron chi connectivity index (χ3n) is 6.09. The molecule has 38 heavy (non-hydrogen) atoms. The highest BCUT2D eigenvalue weighted by Gasteiger charge is 2.19. The number of nitrogens with zero attached hydrogens (tertiary/aromatic N) is 5. The van der Waals surface area contributed by atoms with Crippen molar-refractivity contribution in [1.82, 2.24) is 24.6 Å². The van der Waals surface area contributed by atoms with Crippen LogP contribution in [0.25, 0.3) is 16.6 Å². The summed E-state index contributed by atoms with van der Waals surface area (Å²) < 4.78 is 13.5. The number of fused-ring (bicyclic) bond motifs is 2. The number of amides is 1. The minimum Gasteiger partial charge on any atom is -0.494 e. The van der Waals surface area contributed by atoms with E-state index in [0.29, 0.717) is 51.2 Å². The summed E-state index contributed by atoms with van der Waals surface area (Å²) in [5.41, 5.74) is 3.59. The molecule has 0 bridgehead atoms. The van der Waals surface area contributed by atoms with Crippen molar-refractivity contribution in [2.24, 2.45) is 5.92 Å². The van der Waals surface area contributed by atoms with Crippen LogP contribution >= 0.6 is 0 Å². The average Bonchev–Trinajstić information content (AvgIpc) is 3.64. The maximum atomic E-state index is 12.4. The molecule has 1 aliphatic rings. The molecular formula is C28H23N7O3. The van der Waals surface area contributed by atoms with Gasteiger partial charge >= 0.3 is 0 Å². The van der Waals surface area contributed by atoms with Crippen LogP contribution in [0.15, 0.2) is 61.3 Å². The van der Waals surface area contributed by atoms with Crippen molar-refractivity contribution in [3.63, 3.8) is 0 Å². The van der Waals surface area contributed by atoms with Gasteiger partial charge in [-0.1, -0.05) is 5.92 Å². The second-order valence-electron chi connectivity index (χ2n) is 8.89. The lowest BCUT2D eigenvalue weighted by atomic mass is 10.1. The Kier molecular flexibility index (Phi) is 5.94. The van der Waals surface area contributed by atoms with Gasteiger partial charge in [0.1, 0.15) is 30.0 Å². The first-order valence-corrected chi connectivity index (χ1v) is 12.1. The number of pyridine rings is 1. The predicted octanol–water partition coefficient (Wildman–Crippen LogP) is 4.88. The lowest BCUT2D eigenvalue weighted by Gasteiger charge is -2.15. The fourth-order valence-electron chi connectivity index (χ4n) is 4.04. The van der Waals surface area contributed by atoms with E-state index in [-0.39, 0.29) is 5.91 Å². The van der Waals surface area contributed by atoms with Crippen molar-refractivity contribution in [3.8, 4) is 29.1 Å². The van der Waals surface area contributed by atoms with Crippen molar-refractivity contribution < 1.29 is 14.3 Å². The molecule has 188 valence electrons. The number of methoxy groups -OCH3 is 1. The van der Waals surface area contributed by atoms with Crippen LogP contribution in [-0.2, 0) is 4.79 Å². The summed E-state index contributed by atoms with van der Waals surface area (Å²) in [6, 6.07) is 13.0. The largest absolute Gasteiger partial charge is 0.494 e. The van der Waals surface area contributed by atoms with E-state index in [0.717, 1.165) is 24.1 Å². The molecule has 0 unspecified atom stereocenters. The highest BCUT2D eigenvalue weighted by atomic mass is 16.5. The Hall–Kier alpha value is -5.17. The Morgan fingerprint density at radius 3 is 2.79 bits per heavy atom. The maximum Gasteiger partial charge on any atom is 0.300 e. The van der Waals surface area contributed by atoms with Crippen molar-refractivity contribution in [3.05, 3.63) is 66.9 Å². The van der Waals surface area contributed by atoms with Gasteiger partial charge in [0.05, 0.1) is 23.7 Å². The molecule has 0 aliphatic heterocycles. The molecule has 3 heterocycles. The second kappa shape index (κ2) is 9.71. The lowest BCUT2D eigenvalue weighted by molar-refractivity contribution is -0.111. The third-order valence-corrected chi connectivity index (χ3v) is 6.09.